The molecule has 0 bridgehead atoms. The SMILES string of the molecule is COC(=O)C(CC(C)C)c1cc(Oc2ccc(OC)cc2)cc(-c2ccc(C(F)(F)F)cc2)c1. The zero-order valence-electron chi connectivity index (χ0n) is 19.5. The minimum absolute atomic E-state index is 0.213. The maximum Gasteiger partial charge on any atom is 0.416 e. The van der Waals surface area contributed by atoms with Gasteiger partial charge in [0.1, 0.15) is 17.2 Å². The molecule has 0 aliphatic rings. The zero-order chi connectivity index (χ0) is 24.9. The lowest BCUT2D eigenvalue weighted by Gasteiger charge is -2.20. The third-order valence-electron chi connectivity index (χ3n) is 5.36. The number of esters is 1. The van der Waals surface area contributed by atoms with E-state index in [1.165, 1.54) is 19.2 Å². The normalized spacial score (nSPS) is 12.4. The molecule has 0 amide bonds. The Bertz CT molecular complexity index is 1100. The fourth-order valence-electron chi connectivity index (χ4n) is 3.66. The minimum Gasteiger partial charge on any atom is -0.497 e. The van der Waals surface area contributed by atoms with Gasteiger partial charge in [0.25, 0.3) is 0 Å². The highest BCUT2D eigenvalue weighted by molar-refractivity contribution is 5.79. The Hall–Kier alpha value is -3.48. The van der Waals surface area contributed by atoms with E-state index in [9.17, 15) is 18.0 Å². The molecule has 0 saturated heterocycles. The van der Waals surface area contributed by atoms with Gasteiger partial charge in [-0.1, -0.05) is 32.0 Å². The lowest BCUT2D eigenvalue weighted by Crippen LogP contribution is -2.16. The molecule has 0 spiro atoms. The van der Waals surface area contributed by atoms with E-state index < -0.39 is 17.7 Å². The molecule has 0 radical (unpaired) electrons. The van der Waals surface area contributed by atoms with Crippen LogP contribution >= 0.6 is 0 Å². The number of alkyl halides is 3. The number of methoxy groups -OCH3 is 2. The van der Waals surface area contributed by atoms with Crippen LogP contribution in [0.5, 0.6) is 17.2 Å². The second kappa shape index (κ2) is 10.6. The van der Waals surface area contributed by atoms with Gasteiger partial charge in [-0.15, -0.1) is 0 Å². The Morgan fingerprint density at radius 3 is 1.97 bits per heavy atom. The van der Waals surface area contributed by atoms with E-state index in [0.29, 0.717) is 40.4 Å². The first-order valence-corrected chi connectivity index (χ1v) is 10.8. The molecule has 1 atom stereocenters. The van der Waals surface area contributed by atoms with Gasteiger partial charge >= 0.3 is 12.1 Å². The van der Waals surface area contributed by atoms with Crippen LogP contribution in [0.2, 0.25) is 0 Å². The quantitative estimate of drug-likeness (QED) is 0.319. The summed E-state index contributed by atoms with van der Waals surface area (Å²) in [5, 5.41) is 0. The van der Waals surface area contributed by atoms with Crippen molar-refractivity contribution in [2.45, 2.75) is 32.4 Å². The van der Waals surface area contributed by atoms with E-state index in [0.717, 1.165) is 12.1 Å². The highest BCUT2D eigenvalue weighted by Crippen LogP contribution is 2.36. The van der Waals surface area contributed by atoms with E-state index in [-0.39, 0.29) is 11.9 Å². The Kier molecular flexibility index (Phi) is 7.87. The van der Waals surface area contributed by atoms with Crippen LogP contribution in [0.1, 0.15) is 37.3 Å². The zero-order valence-corrected chi connectivity index (χ0v) is 19.5. The first-order chi connectivity index (χ1) is 16.1. The summed E-state index contributed by atoms with van der Waals surface area (Å²) < 4.78 is 55.3. The number of carbonyl (C=O) groups is 1. The van der Waals surface area contributed by atoms with Gasteiger partial charge in [0, 0.05) is 0 Å². The van der Waals surface area contributed by atoms with E-state index in [2.05, 4.69) is 0 Å². The Morgan fingerprint density at radius 2 is 1.44 bits per heavy atom. The second-order valence-electron chi connectivity index (χ2n) is 8.35. The van der Waals surface area contributed by atoms with Gasteiger partial charge in [-0.05, 0) is 77.6 Å². The molecule has 0 fully saturated rings. The molecule has 180 valence electrons. The number of rotatable bonds is 8. The molecule has 7 heteroatoms. The fraction of sp³-hybridized carbons (Fsp3) is 0.296. The van der Waals surface area contributed by atoms with Gasteiger partial charge in [-0.3, -0.25) is 4.79 Å². The van der Waals surface area contributed by atoms with Crippen molar-refractivity contribution in [1.29, 1.82) is 0 Å². The van der Waals surface area contributed by atoms with Crippen LogP contribution in [0.3, 0.4) is 0 Å². The van der Waals surface area contributed by atoms with Crippen molar-refractivity contribution in [3.63, 3.8) is 0 Å². The maximum absolute atomic E-state index is 13.0. The summed E-state index contributed by atoms with van der Waals surface area (Å²) >= 11 is 0. The van der Waals surface area contributed by atoms with Crippen LogP contribution < -0.4 is 9.47 Å². The van der Waals surface area contributed by atoms with Gasteiger partial charge < -0.3 is 14.2 Å². The van der Waals surface area contributed by atoms with Crippen molar-refractivity contribution >= 4 is 5.97 Å². The summed E-state index contributed by atoms with van der Waals surface area (Å²) in [4.78, 5) is 12.6. The molecule has 0 N–H and O–H groups in total. The maximum atomic E-state index is 13.0. The van der Waals surface area contributed by atoms with E-state index >= 15 is 0 Å². The van der Waals surface area contributed by atoms with Crippen LogP contribution in [0, 0.1) is 5.92 Å². The summed E-state index contributed by atoms with van der Waals surface area (Å²) in [6.45, 7) is 4.01. The third-order valence-corrected chi connectivity index (χ3v) is 5.36. The first kappa shape index (κ1) is 25.1. The van der Waals surface area contributed by atoms with Crippen LogP contribution in [0.15, 0.2) is 66.7 Å². The summed E-state index contributed by atoms with van der Waals surface area (Å²) in [5.74, 6) is 0.968. The summed E-state index contributed by atoms with van der Waals surface area (Å²) in [6.07, 6.45) is -3.87. The summed E-state index contributed by atoms with van der Waals surface area (Å²) in [6, 6.07) is 17.2. The molecule has 0 heterocycles. The molecule has 3 aromatic carbocycles. The molecule has 4 nitrogen and oxygen atoms in total. The van der Waals surface area contributed by atoms with Gasteiger partial charge in [0.2, 0.25) is 0 Å². The Balaban J connectivity index is 2.07. The van der Waals surface area contributed by atoms with E-state index in [4.69, 9.17) is 14.2 Å². The molecular weight excluding hydrogens is 445 g/mol. The first-order valence-electron chi connectivity index (χ1n) is 10.8. The largest absolute Gasteiger partial charge is 0.497 e. The van der Waals surface area contributed by atoms with Crippen LogP contribution in [-0.2, 0) is 15.7 Å². The van der Waals surface area contributed by atoms with Crippen molar-refractivity contribution in [3.8, 4) is 28.4 Å². The van der Waals surface area contributed by atoms with Crippen molar-refractivity contribution in [2.75, 3.05) is 14.2 Å². The summed E-state index contributed by atoms with van der Waals surface area (Å²) in [5.41, 5.74) is 1.14. The molecule has 3 rings (SSSR count). The predicted octanol–water partition coefficient (Wildman–Crippen LogP) is 7.48. The number of halogens is 3. The average molecular weight is 473 g/mol. The topological polar surface area (TPSA) is 44.8 Å². The number of carbonyl (C=O) groups excluding carboxylic acids is 1. The molecule has 3 aromatic rings. The molecule has 0 aliphatic carbocycles. The van der Waals surface area contributed by atoms with Gasteiger partial charge in [-0.2, -0.15) is 13.2 Å². The summed E-state index contributed by atoms with van der Waals surface area (Å²) in [7, 11) is 2.90. The van der Waals surface area contributed by atoms with Gasteiger partial charge in [0.15, 0.2) is 0 Å². The molecule has 1 unspecified atom stereocenters. The van der Waals surface area contributed by atoms with Crippen molar-refractivity contribution < 1.29 is 32.2 Å². The monoisotopic (exact) mass is 472 g/mol. The molecular formula is C27H27F3O4. The van der Waals surface area contributed by atoms with Gasteiger partial charge in [0.05, 0.1) is 25.7 Å². The Labute approximate surface area is 197 Å². The highest BCUT2D eigenvalue weighted by Gasteiger charge is 2.30. The number of benzene rings is 3. The number of hydrogen-bond donors (Lipinski definition) is 0. The standard InChI is InChI=1S/C27H27F3O4/c1-17(2)13-25(26(31)33-4)20-14-19(18-5-7-21(8-6-18)27(28,29)30)15-24(16-20)34-23-11-9-22(32-3)10-12-23/h5-12,14-17,25H,13H2,1-4H3. The van der Waals surface area contributed by atoms with Crippen molar-refractivity contribution in [3.05, 3.63) is 77.9 Å². The third kappa shape index (κ3) is 6.31. The number of ether oxygens (including phenoxy) is 3. The van der Waals surface area contributed by atoms with Crippen LogP contribution in [-0.4, -0.2) is 20.2 Å². The smallest absolute Gasteiger partial charge is 0.416 e. The molecule has 0 aromatic heterocycles. The molecule has 0 saturated carbocycles. The molecule has 0 aliphatic heterocycles. The molecule has 34 heavy (non-hydrogen) atoms. The highest BCUT2D eigenvalue weighted by atomic mass is 19.4. The van der Waals surface area contributed by atoms with Gasteiger partial charge in [-0.25, -0.2) is 0 Å². The fourth-order valence-corrected chi connectivity index (χ4v) is 3.66. The second-order valence-corrected chi connectivity index (χ2v) is 8.35. The minimum atomic E-state index is -4.42. The van der Waals surface area contributed by atoms with E-state index in [1.807, 2.05) is 13.8 Å². The van der Waals surface area contributed by atoms with Crippen molar-refractivity contribution in [1.82, 2.24) is 0 Å². The Morgan fingerprint density at radius 1 is 0.824 bits per heavy atom. The predicted molar refractivity (Wildman–Crippen MR) is 124 cm³/mol. The van der Waals surface area contributed by atoms with Crippen LogP contribution in [0.4, 0.5) is 13.2 Å². The van der Waals surface area contributed by atoms with Crippen LogP contribution in [0.25, 0.3) is 11.1 Å². The van der Waals surface area contributed by atoms with Crippen molar-refractivity contribution in [2.24, 2.45) is 5.92 Å². The lowest BCUT2D eigenvalue weighted by molar-refractivity contribution is -0.143. The van der Waals surface area contributed by atoms with E-state index in [1.54, 1.807) is 49.6 Å². The number of hydrogen-bond acceptors (Lipinski definition) is 4. The lowest BCUT2D eigenvalue weighted by atomic mass is 9.88. The average Bonchev–Trinajstić information content (AvgIpc) is 2.81.